The van der Waals surface area contributed by atoms with E-state index < -0.39 is 34.4 Å². The van der Waals surface area contributed by atoms with Gasteiger partial charge in [0.05, 0.1) is 36.8 Å². The molecule has 10 heteroatoms. The maximum Gasteiger partial charge on any atom is 0.337 e. The molecule has 0 fully saturated rings. The van der Waals surface area contributed by atoms with Crippen LogP contribution in [0.1, 0.15) is 31.8 Å². The van der Waals surface area contributed by atoms with E-state index in [1.54, 1.807) is 30.3 Å². The normalized spacial score (nSPS) is 11.1. The van der Waals surface area contributed by atoms with Gasteiger partial charge in [-0.3, -0.25) is 4.79 Å². The summed E-state index contributed by atoms with van der Waals surface area (Å²) in [4.78, 5) is 37.1. The van der Waals surface area contributed by atoms with Crippen LogP contribution < -0.4 is 5.32 Å². The number of aryl methyl sites for hydroxylation is 1. The second-order valence-electron chi connectivity index (χ2n) is 7.90. The summed E-state index contributed by atoms with van der Waals surface area (Å²) in [5.41, 5.74) is 1.86. The van der Waals surface area contributed by atoms with E-state index in [-0.39, 0.29) is 28.3 Å². The van der Waals surface area contributed by atoms with Crippen molar-refractivity contribution in [3.05, 3.63) is 95.1 Å². The van der Waals surface area contributed by atoms with Gasteiger partial charge >= 0.3 is 11.9 Å². The first-order chi connectivity index (χ1) is 17.1. The Bertz CT molecular complexity index is 1320. The highest BCUT2D eigenvalue weighted by atomic mass is 32.2. The van der Waals surface area contributed by atoms with Crippen molar-refractivity contribution in [1.82, 2.24) is 4.31 Å². The number of benzene rings is 3. The SMILES string of the molecule is COC(=O)c1cc(NC(=O)CN(Cc2ccc(C)cc2)S(=O)(=O)c2ccccc2)cc(C(=O)OC)c1. The molecule has 3 aromatic rings. The van der Waals surface area contributed by atoms with Crippen LogP contribution in [0.2, 0.25) is 0 Å². The Balaban J connectivity index is 1.91. The van der Waals surface area contributed by atoms with Crippen molar-refractivity contribution >= 4 is 33.6 Å². The van der Waals surface area contributed by atoms with Crippen LogP contribution >= 0.6 is 0 Å². The smallest absolute Gasteiger partial charge is 0.337 e. The molecule has 0 unspecified atom stereocenters. The van der Waals surface area contributed by atoms with Gasteiger partial charge in [0.1, 0.15) is 0 Å². The summed E-state index contributed by atoms with van der Waals surface area (Å²) in [5, 5.41) is 2.57. The number of nitrogens with one attached hydrogen (secondary N) is 1. The summed E-state index contributed by atoms with van der Waals surface area (Å²) >= 11 is 0. The molecule has 0 saturated carbocycles. The van der Waals surface area contributed by atoms with Crippen molar-refractivity contribution in [3.63, 3.8) is 0 Å². The van der Waals surface area contributed by atoms with Gasteiger partial charge in [-0.15, -0.1) is 0 Å². The second kappa shape index (κ2) is 11.6. The number of hydrogen-bond donors (Lipinski definition) is 1. The minimum atomic E-state index is -4.02. The van der Waals surface area contributed by atoms with Gasteiger partial charge in [0, 0.05) is 12.2 Å². The predicted molar refractivity (Wildman–Crippen MR) is 133 cm³/mol. The number of hydrogen-bond acceptors (Lipinski definition) is 7. The third kappa shape index (κ3) is 6.55. The summed E-state index contributed by atoms with van der Waals surface area (Å²) in [6.07, 6.45) is 0. The molecule has 1 N–H and O–H groups in total. The van der Waals surface area contributed by atoms with Crippen molar-refractivity contribution in [3.8, 4) is 0 Å². The third-order valence-electron chi connectivity index (χ3n) is 5.24. The van der Waals surface area contributed by atoms with Crippen LogP contribution in [0.3, 0.4) is 0 Å². The van der Waals surface area contributed by atoms with Crippen LogP contribution in [0.15, 0.2) is 77.7 Å². The summed E-state index contributed by atoms with van der Waals surface area (Å²) in [6, 6.07) is 19.0. The molecule has 0 spiro atoms. The van der Waals surface area contributed by atoms with Crippen molar-refractivity contribution < 1.29 is 32.3 Å². The molecule has 0 aliphatic carbocycles. The first-order valence-electron chi connectivity index (χ1n) is 10.9. The van der Waals surface area contributed by atoms with Gasteiger partial charge in [-0.25, -0.2) is 18.0 Å². The average Bonchev–Trinajstić information content (AvgIpc) is 2.88. The molecule has 0 radical (unpaired) electrons. The van der Waals surface area contributed by atoms with Crippen LogP contribution in [-0.2, 0) is 30.8 Å². The maximum absolute atomic E-state index is 13.4. The van der Waals surface area contributed by atoms with Crippen LogP contribution in [-0.4, -0.2) is 51.3 Å². The lowest BCUT2D eigenvalue weighted by molar-refractivity contribution is -0.116. The number of nitrogens with zero attached hydrogens (tertiary/aromatic N) is 1. The van der Waals surface area contributed by atoms with E-state index >= 15 is 0 Å². The molecule has 0 heterocycles. The minimum Gasteiger partial charge on any atom is -0.465 e. The monoisotopic (exact) mass is 510 g/mol. The standard InChI is InChI=1S/C26H26N2O7S/c1-18-9-11-19(12-10-18)16-28(36(32,33)23-7-5-4-6-8-23)17-24(29)27-22-14-20(25(30)34-2)13-21(15-22)26(31)35-3/h4-15H,16-17H2,1-3H3,(H,27,29). The molecule has 3 rings (SSSR count). The fourth-order valence-electron chi connectivity index (χ4n) is 3.40. The summed E-state index contributed by atoms with van der Waals surface area (Å²) in [5.74, 6) is -2.10. The molecule has 0 aliphatic heterocycles. The molecule has 36 heavy (non-hydrogen) atoms. The van der Waals surface area contributed by atoms with E-state index in [2.05, 4.69) is 5.32 Å². The number of esters is 2. The largest absolute Gasteiger partial charge is 0.465 e. The minimum absolute atomic E-state index is 0.0177. The van der Waals surface area contributed by atoms with E-state index in [9.17, 15) is 22.8 Å². The van der Waals surface area contributed by atoms with Gasteiger partial charge in [-0.1, -0.05) is 48.0 Å². The Kier molecular flexibility index (Phi) is 8.57. The zero-order valence-corrected chi connectivity index (χ0v) is 20.9. The van der Waals surface area contributed by atoms with Crippen molar-refractivity contribution in [1.29, 1.82) is 0 Å². The molecule has 0 saturated heterocycles. The molecule has 1 amide bonds. The first-order valence-corrected chi connectivity index (χ1v) is 12.3. The summed E-state index contributed by atoms with van der Waals surface area (Å²) in [6.45, 7) is 1.36. The van der Waals surface area contributed by atoms with E-state index in [4.69, 9.17) is 9.47 Å². The molecular formula is C26H26N2O7S. The van der Waals surface area contributed by atoms with Gasteiger partial charge in [0.15, 0.2) is 0 Å². The maximum atomic E-state index is 13.4. The molecule has 3 aromatic carbocycles. The Morgan fingerprint density at radius 3 is 1.92 bits per heavy atom. The lowest BCUT2D eigenvalue weighted by Gasteiger charge is -2.22. The summed E-state index contributed by atoms with van der Waals surface area (Å²) in [7, 11) is -1.66. The topological polar surface area (TPSA) is 119 Å². The van der Waals surface area contributed by atoms with Crippen LogP contribution in [0.4, 0.5) is 5.69 Å². The van der Waals surface area contributed by atoms with Crippen molar-refractivity contribution in [2.75, 3.05) is 26.1 Å². The zero-order chi connectivity index (χ0) is 26.3. The lowest BCUT2D eigenvalue weighted by Crippen LogP contribution is -2.37. The number of anilines is 1. The highest BCUT2D eigenvalue weighted by Gasteiger charge is 2.27. The first kappa shape index (κ1) is 26.6. The quantitative estimate of drug-likeness (QED) is 0.438. The average molecular weight is 511 g/mol. The number of rotatable bonds is 9. The van der Waals surface area contributed by atoms with Crippen LogP contribution in [0.5, 0.6) is 0 Å². The van der Waals surface area contributed by atoms with Gasteiger partial charge in [-0.05, 0) is 42.8 Å². The zero-order valence-electron chi connectivity index (χ0n) is 20.1. The Labute approximate surface area is 209 Å². The number of sulfonamides is 1. The van der Waals surface area contributed by atoms with E-state index in [1.807, 2.05) is 19.1 Å². The fourth-order valence-corrected chi connectivity index (χ4v) is 4.80. The van der Waals surface area contributed by atoms with Crippen molar-refractivity contribution in [2.24, 2.45) is 0 Å². The van der Waals surface area contributed by atoms with E-state index in [1.165, 1.54) is 44.6 Å². The Hall–Kier alpha value is -4.02. The number of carbonyl (C=O) groups is 3. The van der Waals surface area contributed by atoms with Gasteiger partial charge in [0.25, 0.3) is 0 Å². The van der Waals surface area contributed by atoms with Crippen molar-refractivity contribution in [2.45, 2.75) is 18.4 Å². The molecule has 0 bridgehead atoms. The predicted octanol–water partition coefficient (Wildman–Crippen LogP) is 3.40. The number of amides is 1. The Morgan fingerprint density at radius 2 is 1.39 bits per heavy atom. The molecule has 0 aliphatic rings. The van der Waals surface area contributed by atoms with Crippen LogP contribution in [0.25, 0.3) is 0 Å². The van der Waals surface area contributed by atoms with Gasteiger partial charge in [-0.2, -0.15) is 4.31 Å². The van der Waals surface area contributed by atoms with Gasteiger partial charge in [0.2, 0.25) is 15.9 Å². The second-order valence-corrected chi connectivity index (χ2v) is 9.84. The summed E-state index contributed by atoms with van der Waals surface area (Å²) < 4.78 is 37.2. The number of ether oxygens (including phenoxy) is 2. The van der Waals surface area contributed by atoms with Crippen LogP contribution in [0, 0.1) is 6.92 Å². The highest BCUT2D eigenvalue weighted by molar-refractivity contribution is 7.89. The highest BCUT2D eigenvalue weighted by Crippen LogP contribution is 2.20. The lowest BCUT2D eigenvalue weighted by atomic mass is 10.1. The molecular weight excluding hydrogens is 484 g/mol. The number of methoxy groups -OCH3 is 2. The number of carbonyl (C=O) groups excluding carboxylic acids is 3. The fraction of sp³-hybridized carbons (Fsp3) is 0.192. The molecule has 0 aromatic heterocycles. The molecule has 9 nitrogen and oxygen atoms in total. The molecule has 0 atom stereocenters. The third-order valence-corrected chi connectivity index (χ3v) is 7.05. The van der Waals surface area contributed by atoms with E-state index in [0.717, 1.165) is 9.87 Å². The molecule has 188 valence electrons. The van der Waals surface area contributed by atoms with E-state index in [0.29, 0.717) is 5.56 Å². The Morgan fingerprint density at radius 1 is 0.833 bits per heavy atom. The van der Waals surface area contributed by atoms with Gasteiger partial charge < -0.3 is 14.8 Å².